The van der Waals surface area contributed by atoms with Gasteiger partial charge in [-0.25, -0.2) is 4.90 Å². The highest BCUT2D eigenvalue weighted by Gasteiger charge is 2.38. The van der Waals surface area contributed by atoms with Gasteiger partial charge >= 0.3 is 0 Å². The number of nitrogens with one attached hydrogen (secondary N) is 2. The molecular formula is C28H26ClN3O3. The molecule has 1 heterocycles. The highest BCUT2D eigenvalue weighted by Crippen LogP contribution is 2.31. The summed E-state index contributed by atoms with van der Waals surface area (Å²) in [6.45, 7) is 4.67. The van der Waals surface area contributed by atoms with Crippen LogP contribution in [-0.4, -0.2) is 24.3 Å². The van der Waals surface area contributed by atoms with Crippen molar-refractivity contribution in [2.45, 2.75) is 26.2 Å². The Bertz CT molecular complexity index is 1270. The van der Waals surface area contributed by atoms with Gasteiger partial charge in [0.2, 0.25) is 0 Å². The Balaban J connectivity index is 1.39. The number of rotatable bonds is 8. The Hall–Kier alpha value is -3.90. The van der Waals surface area contributed by atoms with Crippen LogP contribution in [0.15, 0.2) is 89.6 Å². The fourth-order valence-electron chi connectivity index (χ4n) is 3.77. The Kier molecular flexibility index (Phi) is 7.32. The van der Waals surface area contributed by atoms with E-state index in [0.717, 1.165) is 22.4 Å². The maximum atomic E-state index is 13.0. The monoisotopic (exact) mass is 487 g/mol. The van der Waals surface area contributed by atoms with Crippen LogP contribution in [0.5, 0.6) is 0 Å². The molecule has 0 aromatic heterocycles. The molecule has 178 valence electrons. The predicted molar refractivity (Wildman–Crippen MR) is 138 cm³/mol. The number of benzene rings is 3. The van der Waals surface area contributed by atoms with Gasteiger partial charge in [-0.3, -0.25) is 14.4 Å². The normalized spacial score (nSPS) is 13.5. The van der Waals surface area contributed by atoms with Gasteiger partial charge in [0.1, 0.15) is 10.7 Å². The largest absolute Gasteiger partial charge is 0.352 e. The summed E-state index contributed by atoms with van der Waals surface area (Å²) in [5.41, 5.74) is 3.75. The van der Waals surface area contributed by atoms with E-state index in [0.29, 0.717) is 29.4 Å². The van der Waals surface area contributed by atoms with Crippen molar-refractivity contribution in [2.75, 3.05) is 16.8 Å². The number of imide groups is 1. The number of amides is 3. The molecule has 6 nitrogen and oxygen atoms in total. The standard InChI is InChI=1S/C28H26ClN3O3/c1-18(2)20-10-14-23(15-11-20)32-27(34)24(29)25(28(32)35)31-22-12-8-21(9-13-22)26(33)30-17-16-19-6-4-3-5-7-19/h3-15,18,31H,16-17H2,1-2H3,(H,30,33). The molecular weight excluding hydrogens is 462 g/mol. The molecule has 3 aromatic carbocycles. The van der Waals surface area contributed by atoms with Crippen molar-refractivity contribution >= 4 is 40.7 Å². The summed E-state index contributed by atoms with van der Waals surface area (Å²) in [7, 11) is 0. The lowest BCUT2D eigenvalue weighted by atomic mass is 10.0. The van der Waals surface area contributed by atoms with Gasteiger partial charge in [0.05, 0.1) is 5.69 Å². The van der Waals surface area contributed by atoms with E-state index in [1.165, 1.54) is 0 Å². The van der Waals surface area contributed by atoms with E-state index in [4.69, 9.17) is 11.6 Å². The molecule has 0 saturated heterocycles. The van der Waals surface area contributed by atoms with Crippen molar-refractivity contribution in [1.29, 1.82) is 0 Å². The first kappa shape index (κ1) is 24.2. The lowest BCUT2D eigenvalue weighted by molar-refractivity contribution is -0.120. The van der Waals surface area contributed by atoms with E-state index < -0.39 is 11.8 Å². The average Bonchev–Trinajstić information content (AvgIpc) is 3.08. The van der Waals surface area contributed by atoms with Gasteiger partial charge < -0.3 is 10.6 Å². The number of anilines is 2. The second-order valence-corrected chi connectivity index (χ2v) is 8.95. The van der Waals surface area contributed by atoms with Gasteiger partial charge in [-0.2, -0.15) is 0 Å². The molecule has 1 aliphatic rings. The van der Waals surface area contributed by atoms with E-state index in [1.807, 2.05) is 42.5 Å². The van der Waals surface area contributed by atoms with Crippen LogP contribution in [0, 0.1) is 0 Å². The zero-order valence-electron chi connectivity index (χ0n) is 19.5. The maximum Gasteiger partial charge on any atom is 0.283 e. The third-order valence-corrected chi connectivity index (χ3v) is 6.15. The fourth-order valence-corrected chi connectivity index (χ4v) is 3.98. The molecule has 0 saturated carbocycles. The van der Waals surface area contributed by atoms with Crippen LogP contribution in [0.2, 0.25) is 0 Å². The quantitative estimate of drug-likeness (QED) is 0.427. The molecule has 0 unspecified atom stereocenters. The van der Waals surface area contributed by atoms with Crippen molar-refractivity contribution in [2.24, 2.45) is 0 Å². The van der Waals surface area contributed by atoms with Gasteiger partial charge in [0.15, 0.2) is 0 Å². The predicted octanol–water partition coefficient (Wildman–Crippen LogP) is 5.22. The third kappa shape index (κ3) is 5.44. The SMILES string of the molecule is CC(C)c1ccc(N2C(=O)C(Cl)=C(Nc3ccc(C(=O)NCCc4ccccc4)cc3)C2=O)cc1. The van der Waals surface area contributed by atoms with Gasteiger partial charge in [-0.05, 0) is 59.9 Å². The summed E-state index contributed by atoms with van der Waals surface area (Å²) >= 11 is 6.23. The molecule has 0 radical (unpaired) electrons. The molecule has 3 aromatic rings. The zero-order valence-corrected chi connectivity index (χ0v) is 20.3. The molecule has 3 amide bonds. The Morgan fingerprint density at radius 2 is 1.54 bits per heavy atom. The van der Waals surface area contributed by atoms with Crippen LogP contribution in [-0.2, 0) is 16.0 Å². The molecule has 7 heteroatoms. The highest BCUT2D eigenvalue weighted by molar-refractivity contribution is 6.53. The maximum absolute atomic E-state index is 13.0. The Morgan fingerprint density at radius 3 is 2.17 bits per heavy atom. The van der Waals surface area contributed by atoms with Crippen LogP contribution in [0.4, 0.5) is 11.4 Å². The summed E-state index contributed by atoms with van der Waals surface area (Å²) in [4.78, 5) is 39.2. The zero-order chi connectivity index (χ0) is 24.9. The van der Waals surface area contributed by atoms with Crippen molar-refractivity contribution < 1.29 is 14.4 Å². The van der Waals surface area contributed by atoms with Gasteiger partial charge in [-0.15, -0.1) is 0 Å². The summed E-state index contributed by atoms with van der Waals surface area (Å²) in [6, 6.07) is 23.8. The minimum absolute atomic E-state index is 0.00432. The summed E-state index contributed by atoms with van der Waals surface area (Å²) in [6.07, 6.45) is 0.742. The molecule has 0 bridgehead atoms. The summed E-state index contributed by atoms with van der Waals surface area (Å²) in [5.74, 6) is -0.958. The lowest BCUT2D eigenvalue weighted by Crippen LogP contribution is -2.32. The molecule has 2 N–H and O–H groups in total. The number of nitrogens with zero attached hydrogens (tertiary/aromatic N) is 1. The fraction of sp³-hybridized carbons (Fsp3) is 0.179. The Labute approximate surface area is 209 Å². The highest BCUT2D eigenvalue weighted by atomic mass is 35.5. The molecule has 4 rings (SSSR count). The number of carbonyl (C=O) groups excluding carboxylic acids is 3. The number of hydrogen-bond donors (Lipinski definition) is 2. The van der Waals surface area contributed by atoms with Crippen molar-refractivity contribution in [3.8, 4) is 0 Å². The first-order chi connectivity index (χ1) is 16.8. The molecule has 0 aliphatic carbocycles. The molecule has 0 spiro atoms. The van der Waals surface area contributed by atoms with Crippen molar-refractivity contribution in [3.05, 3.63) is 106 Å². The van der Waals surface area contributed by atoms with Crippen LogP contribution in [0.1, 0.15) is 41.3 Å². The molecule has 0 atom stereocenters. The van der Waals surface area contributed by atoms with Gasteiger partial charge in [0.25, 0.3) is 17.7 Å². The van der Waals surface area contributed by atoms with Crippen LogP contribution in [0.25, 0.3) is 0 Å². The van der Waals surface area contributed by atoms with Crippen molar-refractivity contribution in [1.82, 2.24) is 5.32 Å². The molecule has 0 fully saturated rings. The van der Waals surface area contributed by atoms with E-state index in [-0.39, 0.29) is 16.6 Å². The Morgan fingerprint density at radius 1 is 0.886 bits per heavy atom. The lowest BCUT2D eigenvalue weighted by Gasteiger charge is -2.16. The first-order valence-electron chi connectivity index (χ1n) is 11.4. The van der Waals surface area contributed by atoms with Crippen molar-refractivity contribution in [3.63, 3.8) is 0 Å². The minimum atomic E-state index is -0.578. The van der Waals surface area contributed by atoms with E-state index >= 15 is 0 Å². The first-order valence-corrected chi connectivity index (χ1v) is 11.8. The molecule has 35 heavy (non-hydrogen) atoms. The van der Waals surface area contributed by atoms with E-state index in [9.17, 15) is 14.4 Å². The van der Waals surface area contributed by atoms with Crippen LogP contribution in [0.3, 0.4) is 0 Å². The minimum Gasteiger partial charge on any atom is -0.352 e. The third-order valence-electron chi connectivity index (χ3n) is 5.80. The van der Waals surface area contributed by atoms with Crippen LogP contribution < -0.4 is 15.5 Å². The number of carbonyl (C=O) groups is 3. The topological polar surface area (TPSA) is 78.5 Å². The van der Waals surface area contributed by atoms with Crippen LogP contribution >= 0.6 is 11.6 Å². The second-order valence-electron chi connectivity index (χ2n) is 8.57. The van der Waals surface area contributed by atoms with Gasteiger partial charge in [-0.1, -0.05) is 67.9 Å². The van der Waals surface area contributed by atoms with E-state index in [2.05, 4.69) is 24.5 Å². The van der Waals surface area contributed by atoms with Gasteiger partial charge in [0, 0.05) is 17.8 Å². The number of halogens is 1. The smallest absolute Gasteiger partial charge is 0.283 e. The number of hydrogen-bond acceptors (Lipinski definition) is 4. The average molecular weight is 488 g/mol. The summed E-state index contributed by atoms with van der Waals surface area (Å²) in [5, 5.41) is 5.66. The second kappa shape index (κ2) is 10.6. The summed E-state index contributed by atoms with van der Waals surface area (Å²) < 4.78 is 0. The molecule has 1 aliphatic heterocycles. The van der Waals surface area contributed by atoms with E-state index in [1.54, 1.807) is 36.4 Å².